The Labute approximate surface area is 154 Å². The Balaban J connectivity index is 1.73. The number of nitrogens with one attached hydrogen (secondary N) is 1. The van der Waals surface area contributed by atoms with E-state index in [0.717, 1.165) is 4.90 Å². The van der Waals surface area contributed by atoms with Crippen molar-refractivity contribution in [2.75, 3.05) is 10.2 Å². The number of rotatable bonds is 4. The molecule has 2 amide bonds. The molecule has 0 atom stereocenters. The Bertz CT molecular complexity index is 1040. The molecule has 0 bridgehead atoms. The molecular formula is C20H13N3O4. The number of imide groups is 1. The highest BCUT2D eigenvalue weighted by Crippen LogP contribution is 2.35. The van der Waals surface area contributed by atoms with Gasteiger partial charge < -0.3 is 5.32 Å². The number of nitro groups is 1. The minimum atomic E-state index is -0.549. The van der Waals surface area contributed by atoms with E-state index in [2.05, 4.69) is 5.32 Å². The zero-order valence-corrected chi connectivity index (χ0v) is 14.0. The van der Waals surface area contributed by atoms with Crippen molar-refractivity contribution in [3.63, 3.8) is 0 Å². The maximum Gasteiger partial charge on any atom is 0.294 e. The molecule has 27 heavy (non-hydrogen) atoms. The minimum Gasteiger partial charge on any atom is -0.350 e. The van der Waals surface area contributed by atoms with E-state index < -0.39 is 16.7 Å². The smallest absolute Gasteiger partial charge is 0.294 e. The van der Waals surface area contributed by atoms with E-state index in [4.69, 9.17) is 0 Å². The van der Waals surface area contributed by atoms with Gasteiger partial charge in [-0.15, -0.1) is 0 Å². The largest absolute Gasteiger partial charge is 0.350 e. The molecular weight excluding hydrogens is 346 g/mol. The molecule has 0 aromatic heterocycles. The summed E-state index contributed by atoms with van der Waals surface area (Å²) in [5.74, 6) is -0.984. The van der Waals surface area contributed by atoms with Gasteiger partial charge in [-0.25, -0.2) is 4.90 Å². The van der Waals surface area contributed by atoms with Crippen molar-refractivity contribution < 1.29 is 14.5 Å². The van der Waals surface area contributed by atoms with Gasteiger partial charge in [0.15, 0.2) is 0 Å². The number of benzene rings is 3. The molecule has 1 heterocycles. The molecule has 0 spiro atoms. The Kier molecular flexibility index (Phi) is 3.89. The van der Waals surface area contributed by atoms with Crippen LogP contribution in [0.3, 0.4) is 0 Å². The highest BCUT2D eigenvalue weighted by molar-refractivity contribution is 6.34. The number of fused-ring (bicyclic) bond motifs is 1. The summed E-state index contributed by atoms with van der Waals surface area (Å²) in [6.07, 6.45) is 0. The van der Waals surface area contributed by atoms with Crippen LogP contribution in [-0.2, 0) is 0 Å². The van der Waals surface area contributed by atoms with Gasteiger partial charge in [-0.2, -0.15) is 0 Å². The predicted octanol–water partition coefficient (Wildman–Crippen LogP) is 4.14. The molecule has 7 nitrogen and oxygen atoms in total. The Hall–Kier alpha value is -4.00. The summed E-state index contributed by atoms with van der Waals surface area (Å²) in [5.41, 5.74) is 1.47. The number of nitrogens with zero attached hydrogens (tertiary/aromatic N) is 2. The molecule has 3 aromatic rings. The maximum atomic E-state index is 12.6. The van der Waals surface area contributed by atoms with E-state index in [1.807, 2.05) is 6.07 Å². The van der Waals surface area contributed by atoms with Gasteiger partial charge in [0.05, 0.1) is 21.7 Å². The number of carbonyl (C=O) groups excluding carboxylic acids is 2. The first-order chi connectivity index (χ1) is 13.1. The normalized spacial score (nSPS) is 12.8. The molecule has 3 aromatic carbocycles. The van der Waals surface area contributed by atoms with E-state index >= 15 is 0 Å². The summed E-state index contributed by atoms with van der Waals surface area (Å²) in [7, 11) is 0. The van der Waals surface area contributed by atoms with Crippen LogP contribution in [0.2, 0.25) is 0 Å². The molecule has 0 fully saturated rings. The average molecular weight is 359 g/mol. The third-order valence-corrected chi connectivity index (χ3v) is 4.28. The van der Waals surface area contributed by atoms with E-state index in [1.165, 1.54) is 18.2 Å². The van der Waals surface area contributed by atoms with E-state index in [9.17, 15) is 19.7 Å². The molecule has 1 N–H and O–H groups in total. The van der Waals surface area contributed by atoms with Crippen molar-refractivity contribution in [2.24, 2.45) is 0 Å². The number of para-hydroxylation sites is 1. The molecule has 0 saturated heterocycles. The van der Waals surface area contributed by atoms with Gasteiger partial charge in [-0.3, -0.25) is 19.7 Å². The SMILES string of the molecule is O=C1c2ccccc2C(=O)N1c1ccc(Nc2ccccc2)c([N+](=O)[O-])c1. The quantitative estimate of drug-likeness (QED) is 0.429. The van der Waals surface area contributed by atoms with Crippen LogP contribution in [0.15, 0.2) is 72.8 Å². The van der Waals surface area contributed by atoms with Gasteiger partial charge in [-0.1, -0.05) is 30.3 Å². The summed E-state index contributed by atoms with van der Waals surface area (Å²) in [5, 5.41) is 14.5. The van der Waals surface area contributed by atoms with Crippen LogP contribution in [0.5, 0.6) is 0 Å². The first-order valence-corrected chi connectivity index (χ1v) is 8.14. The predicted molar refractivity (Wildman–Crippen MR) is 100 cm³/mol. The molecule has 0 saturated carbocycles. The number of carbonyl (C=O) groups is 2. The zero-order valence-electron chi connectivity index (χ0n) is 14.0. The second-order valence-corrected chi connectivity index (χ2v) is 5.94. The topological polar surface area (TPSA) is 92.6 Å². The lowest BCUT2D eigenvalue weighted by Crippen LogP contribution is -2.29. The molecule has 0 aliphatic carbocycles. The van der Waals surface area contributed by atoms with E-state index in [-0.39, 0.29) is 28.2 Å². The number of nitro benzene ring substituents is 1. The van der Waals surface area contributed by atoms with Crippen molar-refractivity contribution >= 4 is 34.6 Å². The van der Waals surface area contributed by atoms with Gasteiger partial charge in [0.2, 0.25) is 0 Å². The van der Waals surface area contributed by atoms with Crippen LogP contribution in [0.4, 0.5) is 22.7 Å². The highest BCUT2D eigenvalue weighted by atomic mass is 16.6. The summed E-state index contributed by atoms with van der Waals surface area (Å²) in [6, 6.07) is 19.7. The fourth-order valence-electron chi connectivity index (χ4n) is 3.02. The lowest BCUT2D eigenvalue weighted by Gasteiger charge is -2.15. The monoisotopic (exact) mass is 359 g/mol. The van der Waals surface area contributed by atoms with Gasteiger partial charge in [0, 0.05) is 11.8 Å². The highest BCUT2D eigenvalue weighted by Gasteiger charge is 2.37. The summed E-state index contributed by atoms with van der Waals surface area (Å²) in [4.78, 5) is 37.1. The molecule has 0 unspecified atom stereocenters. The van der Waals surface area contributed by atoms with Crippen LogP contribution in [0, 0.1) is 10.1 Å². The second-order valence-electron chi connectivity index (χ2n) is 5.94. The van der Waals surface area contributed by atoms with Crippen molar-refractivity contribution in [3.05, 3.63) is 94.0 Å². The first-order valence-electron chi connectivity index (χ1n) is 8.14. The number of hydrogen-bond acceptors (Lipinski definition) is 5. The zero-order chi connectivity index (χ0) is 19.0. The fourth-order valence-corrected chi connectivity index (χ4v) is 3.02. The fraction of sp³-hybridized carbons (Fsp3) is 0. The third-order valence-electron chi connectivity index (χ3n) is 4.28. The molecule has 132 valence electrons. The Morgan fingerprint density at radius 3 is 2.00 bits per heavy atom. The summed E-state index contributed by atoms with van der Waals surface area (Å²) < 4.78 is 0. The number of hydrogen-bond donors (Lipinski definition) is 1. The van der Waals surface area contributed by atoms with E-state index in [0.29, 0.717) is 5.69 Å². The van der Waals surface area contributed by atoms with Crippen LogP contribution < -0.4 is 10.2 Å². The van der Waals surface area contributed by atoms with Crippen LogP contribution in [-0.4, -0.2) is 16.7 Å². The molecule has 4 rings (SSSR count). The van der Waals surface area contributed by atoms with Crippen molar-refractivity contribution in [1.82, 2.24) is 0 Å². The summed E-state index contributed by atoms with van der Waals surface area (Å²) in [6.45, 7) is 0. The first kappa shape index (κ1) is 16.5. The van der Waals surface area contributed by atoms with Crippen LogP contribution in [0.1, 0.15) is 20.7 Å². The van der Waals surface area contributed by atoms with Crippen molar-refractivity contribution in [1.29, 1.82) is 0 Å². The minimum absolute atomic E-state index is 0.159. The van der Waals surface area contributed by atoms with E-state index in [1.54, 1.807) is 48.5 Å². The number of amides is 2. The third kappa shape index (κ3) is 2.81. The van der Waals surface area contributed by atoms with Gasteiger partial charge in [0.1, 0.15) is 5.69 Å². The standard InChI is InChI=1S/C20H13N3O4/c24-19-15-8-4-5-9-16(15)20(25)22(19)14-10-11-17(18(12-14)23(26)27)21-13-6-2-1-3-7-13/h1-12,21H. The second kappa shape index (κ2) is 6.38. The molecule has 0 radical (unpaired) electrons. The maximum absolute atomic E-state index is 12.6. The van der Waals surface area contributed by atoms with Crippen molar-refractivity contribution in [3.8, 4) is 0 Å². The van der Waals surface area contributed by atoms with Crippen LogP contribution >= 0.6 is 0 Å². The average Bonchev–Trinajstić information content (AvgIpc) is 2.94. The summed E-state index contributed by atoms with van der Waals surface area (Å²) >= 11 is 0. The molecule has 1 aliphatic rings. The number of anilines is 3. The van der Waals surface area contributed by atoms with Gasteiger partial charge in [-0.05, 0) is 36.4 Å². The molecule has 1 aliphatic heterocycles. The van der Waals surface area contributed by atoms with Gasteiger partial charge >= 0.3 is 0 Å². The lowest BCUT2D eigenvalue weighted by molar-refractivity contribution is -0.383. The lowest BCUT2D eigenvalue weighted by atomic mass is 10.1. The van der Waals surface area contributed by atoms with Crippen molar-refractivity contribution in [2.45, 2.75) is 0 Å². The molecule has 7 heteroatoms. The Morgan fingerprint density at radius 1 is 0.815 bits per heavy atom. The Morgan fingerprint density at radius 2 is 1.41 bits per heavy atom. The van der Waals surface area contributed by atoms with Crippen LogP contribution in [0.25, 0.3) is 0 Å². The van der Waals surface area contributed by atoms with Gasteiger partial charge in [0.25, 0.3) is 17.5 Å².